The fourth-order valence-corrected chi connectivity index (χ4v) is 0.0304. The first-order chi connectivity index (χ1) is 4.33. The van der Waals surface area contributed by atoms with Crippen LogP contribution in [0.2, 0.25) is 0 Å². The molecule has 0 atom stereocenters. The van der Waals surface area contributed by atoms with E-state index in [1.807, 2.05) is 0 Å². The van der Waals surface area contributed by atoms with Crippen LogP contribution in [0.5, 0.6) is 0 Å². The zero-order valence-electron chi connectivity index (χ0n) is 4.38. The van der Waals surface area contributed by atoms with Crippen molar-refractivity contribution in [3.8, 4) is 0 Å². The van der Waals surface area contributed by atoms with Gasteiger partial charge in [-0.25, -0.2) is 20.7 Å². The molecule has 0 aromatic heterocycles. The van der Waals surface area contributed by atoms with Crippen molar-refractivity contribution in [1.82, 2.24) is 0 Å². The standard InChI is InChI=1S/CH4O4.H2O4/c1-3-5-4-2;1-3-4-2/h2H,1H3;1-2H. The Labute approximate surface area is 49.3 Å². The molecule has 8 nitrogen and oxygen atoms in total. The van der Waals surface area contributed by atoms with Crippen molar-refractivity contribution in [2.24, 2.45) is 0 Å². The summed E-state index contributed by atoms with van der Waals surface area (Å²) in [6.07, 6.45) is 0. The lowest BCUT2D eigenvalue weighted by molar-refractivity contribution is -0.617. The Balaban J connectivity index is 0. The number of hydrogen-bond donors (Lipinski definition) is 3. The van der Waals surface area contributed by atoms with Crippen LogP contribution in [0.1, 0.15) is 0 Å². The van der Waals surface area contributed by atoms with Gasteiger partial charge in [0.05, 0.1) is 7.11 Å². The van der Waals surface area contributed by atoms with Gasteiger partial charge in [-0.1, -0.05) is 0 Å². The predicted octanol–water partition coefficient (Wildman–Crippen LogP) is -0.150. The summed E-state index contributed by atoms with van der Waals surface area (Å²) in [6.45, 7) is 0. The molecule has 0 rings (SSSR count). The molecule has 0 amide bonds. The summed E-state index contributed by atoms with van der Waals surface area (Å²) < 4.78 is 0. The van der Waals surface area contributed by atoms with E-state index in [4.69, 9.17) is 15.8 Å². The van der Waals surface area contributed by atoms with E-state index in [0.29, 0.717) is 0 Å². The van der Waals surface area contributed by atoms with Gasteiger partial charge in [0.2, 0.25) is 0 Å². The highest BCUT2D eigenvalue weighted by Crippen LogP contribution is 1.64. The normalized spacial score (nSPS) is 8.00. The molecular formula is CH6O8. The lowest BCUT2D eigenvalue weighted by Gasteiger charge is -1.82. The second-order valence-corrected chi connectivity index (χ2v) is 0.458. The van der Waals surface area contributed by atoms with Gasteiger partial charge in [-0.15, -0.1) is 0 Å². The Morgan fingerprint density at radius 1 is 0.889 bits per heavy atom. The molecule has 0 heterocycles. The molecule has 0 radical (unpaired) electrons. The smallest absolute Gasteiger partial charge is 0.0745 e. The Morgan fingerprint density at radius 3 is 1.33 bits per heavy atom. The molecule has 0 fully saturated rings. The van der Waals surface area contributed by atoms with Gasteiger partial charge in [0.1, 0.15) is 0 Å². The summed E-state index contributed by atoms with van der Waals surface area (Å²) in [7, 11) is 1.20. The van der Waals surface area contributed by atoms with E-state index in [-0.39, 0.29) is 0 Å². The maximum absolute atomic E-state index is 7.22. The van der Waals surface area contributed by atoms with Crippen LogP contribution in [0.4, 0.5) is 0 Å². The van der Waals surface area contributed by atoms with Gasteiger partial charge in [-0.3, -0.25) is 0 Å². The van der Waals surface area contributed by atoms with E-state index >= 15 is 0 Å². The molecule has 0 aliphatic carbocycles. The summed E-state index contributed by atoms with van der Waals surface area (Å²) in [5.41, 5.74) is 0. The SMILES string of the molecule is COOOO.OOOO. The van der Waals surface area contributed by atoms with E-state index in [0.717, 1.165) is 0 Å². The van der Waals surface area contributed by atoms with Crippen LogP contribution in [0.3, 0.4) is 0 Å². The van der Waals surface area contributed by atoms with Crippen molar-refractivity contribution >= 4 is 0 Å². The first-order valence-corrected chi connectivity index (χ1v) is 1.46. The maximum Gasteiger partial charge on any atom is 0.0745 e. The Hall–Kier alpha value is -0.320. The van der Waals surface area contributed by atoms with Crippen LogP contribution >= 0.6 is 0 Å². The summed E-state index contributed by atoms with van der Waals surface area (Å²) in [5, 5.41) is 32.6. The van der Waals surface area contributed by atoms with Gasteiger partial charge in [0.25, 0.3) is 0 Å². The van der Waals surface area contributed by atoms with Crippen molar-refractivity contribution < 1.29 is 40.8 Å². The van der Waals surface area contributed by atoms with Crippen LogP contribution in [-0.2, 0) is 25.0 Å². The van der Waals surface area contributed by atoms with Crippen LogP contribution in [0.15, 0.2) is 0 Å². The summed E-state index contributed by atoms with van der Waals surface area (Å²) >= 11 is 0. The second-order valence-electron chi connectivity index (χ2n) is 0.458. The van der Waals surface area contributed by atoms with Gasteiger partial charge < -0.3 is 0 Å². The molecule has 0 saturated heterocycles. The zero-order valence-corrected chi connectivity index (χ0v) is 4.38. The molecule has 0 spiro atoms. The average Bonchev–Trinajstić information content (AvgIpc) is 1.91. The molecule has 8 heteroatoms. The number of hydrogen-bond acceptors (Lipinski definition) is 8. The quantitative estimate of drug-likeness (QED) is 0.372. The summed E-state index contributed by atoms with van der Waals surface area (Å²) in [5.74, 6) is 0. The fourth-order valence-electron chi connectivity index (χ4n) is 0.0304. The van der Waals surface area contributed by atoms with Crippen LogP contribution < -0.4 is 0 Å². The van der Waals surface area contributed by atoms with Crippen LogP contribution in [-0.4, -0.2) is 22.9 Å². The highest BCUT2D eigenvalue weighted by atomic mass is 17.6. The van der Waals surface area contributed by atoms with Crippen molar-refractivity contribution in [3.05, 3.63) is 0 Å². The first-order valence-electron chi connectivity index (χ1n) is 1.46. The summed E-state index contributed by atoms with van der Waals surface area (Å²) in [6, 6.07) is 0. The molecule has 0 saturated carbocycles. The van der Waals surface area contributed by atoms with Gasteiger partial charge in [-0.05, 0) is 20.2 Å². The number of rotatable bonds is 3. The van der Waals surface area contributed by atoms with E-state index in [1.165, 1.54) is 7.11 Å². The van der Waals surface area contributed by atoms with Crippen molar-refractivity contribution in [2.75, 3.05) is 7.11 Å². The highest BCUT2D eigenvalue weighted by Gasteiger charge is 1.65. The third-order valence-corrected chi connectivity index (χ3v) is 0.132. The Kier molecular flexibility index (Phi) is 19.9. The minimum Gasteiger partial charge on any atom is -0.219 e. The third kappa shape index (κ3) is 34.5. The molecule has 0 aromatic rings. The topological polar surface area (TPSA) is 107 Å². The molecule has 58 valence electrons. The van der Waals surface area contributed by atoms with Gasteiger partial charge >= 0.3 is 0 Å². The van der Waals surface area contributed by atoms with E-state index < -0.39 is 0 Å². The van der Waals surface area contributed by atoms with Gasteiger partial charge in [0.15, 0.2) is 0 Å². The molecule has 0 bridgehead atoms. The lowest BCUT2D eigenvalue weighted by atomic mass is 11.8. The van der Waals surface area contributed by atoms with Crippen LogP contribution in [0.25, 0.3) is 0 Å². The minimum absolute atomic E-state index is 1.20. The zero-order chi connectivity index (χ0) is 7.54. The molecule has 0 aliphatic rings. The maximum atomic E-state index is 7.22. The fraction of sp³-hybridized carbons (Fsp3) is 1.00. The largest absolute Gasteiger partial charge is 0.219 e. The molecule has 0 unspecified atom stereocenters. The minimum atomic E-state index is 1.20. The first kappa shape index (κ1) is 11.5. The van der Waals surface area contributed by atoms with Crippen molar-refractivity contribution in [3.63, 3.8) is 0 Å². The van der Waals surface area contributed by atoms with Gasteiger partial charge in [-0.2, -0.15) is 0 Å². The molecule has 0 aromatic carbocycles. The van der Waals surface area contributed by atoms with E-state index in [2.05, 4.69) is 25.0 Å². The van der Waals surface area contributed by atoms with E-state index in [9.17, 15) is 0 Å². The third-order valence-electron chi connectivity index (χ3n) is 0.132. The molecule has 3 N–H and O–H groups in total. The Morgan fingerprint density at radius 2 is 1.33 bits per heavy atom. The predicted molar refractivity (Wildman–Crippen MR) is 19.2 cm³/mol. The Bertz CT molecular complexity index is 23.7. The van der Waals surface area contributed by atoms with Crippen molar-refractivity contribution in [2.45, 2.75) is 0 Å². The second kappa shape index (κ2) is 15.6. The molecule has 0 aliphatic heterocycles. The average molecular weight is 146 g/mol. The molecular weight excluding hydrogens is 140 g/mol. The molecule has 9 heavy (non-hydrogen) atoms. The monoisotopic (exact) mass is 146 g/mol. The van der Waals surface area contributed by atoms with Crippen molar-refractivity contribution in [1.29, 1.82) is 0 Å². The van der Waals surface area contributed by atoms with E-state index in [1.54, 1.807) is 0 Å². The highest BCUT2D eigenvalue weighted by molar-refractivity contribution is 3.35. The summed E-state index contributed by atoms with van der Waals surface area (Å²) in [4.78, 5) is 3.72. The van der Waals surface area contributed by atoms with Crippen LogP contribution in [0, 0.1) is 0 Å². The van der Waals surface area contributed by atoms with Gasteiger partial charge in [0, 0.05) is 0 Å². The lowest BCUT2D eigenvalue weighted by Crippen LogP contribution is -1.83.